The van der Waals surface area contributed by atoms with Crippen molar-refractivity contribution in [3.63, 3.8) is 0 Å². The van der Waals surface area contributed by atoms with E-state index in [9.17, 15) is 0 Å². The average molecular weight is 264 g/mol. The molecule has 3 rings (SSSR count). The van der Waals surface area contributed by atoms with Crippen LogP contribution in [0.2, 0.25) is 5.02 Å². The van der Waals surface area contributed by atoms with Crippen molar-refractivity contribution in [1.29, 1.82) is 5.26 Å². The average Bonchev–Trinajstić information content (AvgIpc) is 2.47. The fourth-order valence-corrected chi connectivity index (χ4v) is 2.31. The molecule has 0 unspecified atom stereocenters. The molecule has 0 aliphatic carbocycles. The standard InChI is InChI=1S/C17H10ClN/c18-17-8-7-15-9-14(5-6-16(15)10-17)13-3-1-12(11-19)2-4-13/h1-10H. The normalized spacial score (nSPS) is 10.3. The van der Waals surface area contributed by atoms with Crippen molar-refractivity contribution in [2.24, 2.45) is 0 Å². The summed E-state index contributed by atoms with van der Waals surface area (Å²) in [5, 5.41) is 11.8. The van der Waals surface area contributed by atoms with Crippen molar-refractivity contribution in [2.75, 3.05) is 0 Å². The van der Waals surface area contributed by atoms with Crippen LogP contribution in [0.3, 0.4) is 0 Å². The van der Waals surface area contributed by atoms with Gasteiger partial charge in [-0.05, 0) is 52.2 Å². The molecule has 3 aromatic rings. The van der Waals surface area contributed by atoms with Gasteiger partial charge in [0.15, 0.2) is 0 Å². The third-order valence-corrected chi connectivity index (χ3v) is 3.38. The summed E-state index contributed by atoms with van der Waals surface area (Å²) in [7, 11) is 0. The highest BCUT2D eigenvalue weighted by molar-refractivity contribution is 6.31. The van der Waals surface area contributed by atoms with E-state index in [2.05, 4.69) is 24.3 Å². The fraction of sp³-hybridized carbons (Fsp3) is 0. The summed E-state index contributed by atoms with van der Waals surface area (Å²) in [6.45, 7) is 0. The summed E-state index contributed by atoms with van der Waals surface area (Å²) in [5.41, 5.74) is 2.92. The Morgan fingerprint density at radius 1 is 0.737 bits per heavy atom. The molecule has 0 radical (unpaired) electrons. The van der Waals surface area contributed by atoms with E-state index in [-0.39, 0.29) is 0 Å². The summed E-state index contributed by atoms with van der Waals surface area (Å²) < 4.78 is 0. The Labute approximate surface area is 116 Å². The van der Waals surface area contributed by atoms with Crippen LogP contribution in [0.1, 0.15) is 5.56 Å². The number of hydrogen-bond acceptors (Lipinski definition) is 1. The third kappa shape index (κ3) is 2.31. The van der Waals surface area contributed by atoms with Crippen LogP contribution in [0, 0.1) is 11.3 Å². The Bertz CT molecular complexity index is 782. The monoisotopic (exact) mass is 263 g/mol. The van der Waals surface area contributed by atoms with Crippen LogP contribution in [0.25, 0.3) is 21.9 Å². The van der Waals surface area contributed by atoms with Crippen LogP contribution in [0.15, 0.2) is 60.7 Å². The molecule has 3 aromatic carbocycles. The van der Waals surface area contributed by atoms with Crippen LogP contribution < -0.4 is 0 Å². The second kappa shape index (κ2) is 4.76. The second-order valence-electron chi connectivity index (χ2n) is 4.40. The first-order valence-corrected chi connectivity index (χ1v) is 6.34. The molecule has 0 bridgehead atoms. The molecular weight excluding hydrogens is 254 g/mol. The smallest absolute Gasteiger partial charge is 0.0991 e. The molecule has 2 heteroatoms. The highest BCUT2D eigenvalue weighted by Crippen LogP contribution is 2.26. The second-order valence-corrected chi connectivity index (χ2v) is 4.83. The van der Waals surface area contributed by atoms with Gasteiger partial charge in [-0.1, -0.05) is 41.9 Å². The van der Waals surface area contributed by atoms with Crippen molar-refractivity contribution in [3.05, 3.63) is 71.2 Å². The molecule has 0 amide bonds. The van der Waals surface area contributed by atoms with Gasteiger partial charge in [-0.2, -0.15) is 5.26 Å². The van der Waals surface area contributed by atoms with Crippen LogP contribution in [0.4, 0.5) is 0 Å². The molecule has 90 valence electrons. The van der Waals surface area contributed by atoms with Gasteiger partial charge in [0, 0.05) is 5.02 Å². The van der Waals surface area contributed by atoms with Crippen molar-refractivity contribution >= 4 is 22.4 Å². The number of fused-ring (bicyclic) bond motifs is 1. The molecule has 0 aliphatic heterocycles. The molecule has 0 atom stereocenters. The van der Waals surface area contributed by atoms with Crippen LogP contribution in [0.5, 0.6) is 0 Å². The van der Waals surface area contributed by atoms with Gasteiger partial charge in [0.2, 0.25) is 0 Å². The van der Waals surface area contributed by atoms with Crippen molar-refractivity contribution in [1.82, 2.24) is 0 Å². The predicted octanol–water partition coefficient (Wildman–Crippen LogP) is 5.03. The van der Waals surface area contributed by atoms with Gasteiger partial charge < -0.3 is 0 Å². The van der Waals surface area contributed by atoms with Gasteiger partial charge in [0.25, 0.3) is 0 Å². The lowest BCUT2D eigenvalue weighted by atomic mass is 10.0. The van der Waals surface area contributed by atoms with Gasteiger partial charge in [0.05, 0.1) is 11.6 Å². The van der Waals surface area contributed by atoms with E-state index in [1.54, 1.807) is 0 Å². The summed E-state index contributed by atoms with van der Waals surface area (Å²) in [6, 6.07) is 21.9. The van der Waals surface area contributed by atoms with Gasteiger partial charge in [-0.25, -0.2) is 0 Å². The molecule has 0 saturated carbocycles. The van der Waals surface area contributed by atoms with Crippen molar-refractivity contribution in [3.8, 4) is 17.2 Å². The molecule has 1 nitrogen and oxygen atoms in total. The minimum absolute atomic E-state index is 0.677. The summed E-state index contributed by atoms with van der Waals surface area (Å²) in [4.78, 5) is 0. The topological polar surface area (TPSA) is 23.8 Å². The summed E-state index contributed by atoms with van der Waals surface area (Å²) in [6.07, 6.45) is 0. The minimum atomic E-state index is 0.677. The maximum absolute atomic E-state index is 8.80. The van der Waals surface area contributed by atoms with Crippen LogP contribution in [-0.4, -0.2) is 0 Å². The highest BCUT2D eigenvalue weighted by Gasteiger charge is 2.01. The number of nitriles is 1. The quantitative estimate of drug-likeness (QED) is 0.604. The van der Waals surface area contributed by atoms with E-state index < -0.39 is 0 Å². The first kappa shape index (κ1) is 11.8. The molecule has 0 fully saturated rings. The molecule has 0 saturated heterocycles. The van der Waals surface area contributed by atoms with E-state index >= 15 is 0 Å². The van der Waals surface area contributed by atoms with Gasteiger partial charge in [-0.3, -0.25) is 0 Å². The molecule has 0 N–H and O–H groups in total. The molecule has 19 heavy (non-hydrogen) atoms. The maximum Gasteiger partial charge on any atom is 0.0991 e. The Morgan fingerprint density at radius 2 is 1.37 bits per heavy atom. The van der Waals surface area contributed by atoms with E-state index in [0.717, 1.165) is 26.9 Å². The zero-order valence-corrected chi connectivity index (χ0v) is 10.9. The number of halogens is 1. The summed E-state index contributed by atoms with van der Waals surface area (Å²) >= 11 is 5.98. The molecule has 0 aliphatic rings. The zero-order chi connectivity index (χ0) is 13.2. The largest absolute Gasteiger partial charge is 0.192 e. The van der Waals surface area contributed by atoms with Gasteiger partial charge in [0.1, 0.15) is 0 Å². The highest BCUT2D eigenvalue weighted by atomic mass is 35.5. The van der Waals surface area contributed by atoms with E-state index in [0.29, 0.717) is 5.56 Å². The van der Waals surface area contributed by atoms with E-state index in [1.807, 2.05) is 42.5 Å². The van der Waals surface area contributed by atoms with E-state index in [4.69, 9.17) is 16.9 Å². The maximum atomic E-state index is 8.80. The molecule has 0 heterocycles. The number of benzene rings is 3. The van der Waals surface area contributed by atoms with Crippen molar-refractivity contribution < 1.29 is 0 Å². The van der Waals surface area contributed by atoms with Gasteiger partial charge >= 0.3 is 0 Å². The third-order valence-electron chi connectivity index (χ3n) is 3.15. The fourth-order valence-electron chi connectivity index (χ4n) is 2.13. The van der Waals surface area contributed by atoms with Crippen molar-refractivity contribution in [2.45, 2.75) is 0 Å². The Hall–Kier alpha value is -2.30. The van der Waals surface area contributed by atoms with Crippen LogP contribution in [-0.2, 0) is 0 Å². The minimum Gasteiger partial charge on any atom is -0.192 e. The first-order valence-electron chi connectivity index (χ1n) is 5.96. The SMILES string of the molecule is N#Cc1ccc(-c2ccc3cc(Cl)ccc3c2)cc1. The predicted molar refractivity (Wildman–Crippen MR) is 79.1 cm³/mol. The Morgan fingerprint density at radius 3 is 2.11 bits per heavy atom. The Kier molecular flexibility index (Phi) is 2.95. The number of nitrogens with zero attached hydrogens (tertiary/aromatic N) is 1. The zero-order valence-electron chi connectivity index (χ0n) is 10.1. The van der Waals surface area contributed by atoms with Gasteiger partial charge in [-0.15, -0.1) is 0 Å². The van der Waals surface area contributed by atoms with E-state index in [1.165, 1.54) is 0 Å². The first-order chi connectivity index (χ1) is 9.26. The lowest BCUT2D eigenvalue weighted by molar-refractivity contribution is 1.48. The molecule has 0 spiro atoms. The Balaban J connectivity index is 2.09. The summed E-state index contributed by atoms with van der Waals surface area (Å²) in [5.74, 6) is 0. The number of rotatable bonds is 1. The number of hydrogen-bond donors (Lipinski definition) is 0. The molecule has 0 aromatic heterocycles. The lowest BCUT2D eigenvalue weighted by Gasteiger charge is -2.04. The lowest BCUT2D eigenvalue weighted by Crippen LogP contribution is -1.80. The van der Waals surface area contributed by atoms with Crippen LogP contribution >= 0.6 is 11.6 Å². The molecular formula is C17H10ClN.